The van der Waals surface area contributed by atoms with Crippen molar-refractivity contribution in [2.75, 3.05) is 19.7 Å². The Balaban J connectivity index is 1.43. The Morgan fingerprint density at radius 2 is 1.93 bits per heavy atom. The molecular formula is C25H29N3O2. The molecular weight excluding hydrogens is 374 g/mol. The zero-order valence-electron chi connectivity index (χ0n) is 17.8. The summed E-state index contributed by atoms with van der Waals surface area (Å²) < 4.78 is 8.14. The maximum Gasteiger partial charge on any atom is 0.254 e. The predicted octanol–water partition coefficient (Wildman–Crippen LogP) is 4.48. The van der Waals surface area contributed by atoms with E-state index in [9.17, 15) is 4.79 Å². The van der Waals surface area contributed by atoms with Crippen molar-refractivity contribution in [3.63, 3.8) is 0 Å². The highest BCUT2D eigenvalue weighted by atomic mass is 16.5. The van der Waals surface area contributed by atoms with E-state index >= 15 is 0 Å². The van der Waals surface area contributed by atoms with Crippen LogP contribution in [0.4, 0.5) is 0 Å². The van der Waals surface area contributed by atoms with Gasteiger partial charge < -0.3 is 14.2 Å². The summed E-state index contributed by atoms with van der Waals surface area (Å²) >= 11 is 0. The summed E-state index contributed by atoms with van der Waals surface area (Å²) in [5.41, 5.74) is 2.96. The highest BCUT2D eigenvalue weighted by molar-refractivity contribution is 5.95. The van der Waals surface area contributed by atoms with E-state index in [0.717, 1.165) is 54.2 Å². The summed E-state index contributed by atoms with van der Waals surface area (Å²) in [7, 11) is 0. The van der Waals surface area contributed by atoms with E-state index in [4.69, 9.17) is 4.74 Å². The third kappa shape index (κ3) is 4.56. The number of imidazole rings is 1. The standard InChI is InChI=1S/C25H29N3O2/c1-19-8-3-6-12-24(19)30-18-21-9-7-14-28(16-21)25(29)23-11-5-4-10-22(23)17-27-15-13-26-20(27)2/h3-6,8,10-13,15,21H,7,9,14,16-18H2,1-2H3/t21-/m0/s1. The number of nitrogens with zero attached hydrogens (tertiary/aromatic N) is 3. The maximum atomic E-state index is 13.4. The minimum atomic E-state index is 0.115. The van der Waals surface area contributed by atoms with E-state index in [0.29, 0.717) is 19.1 Å². The molecule has 30 heavy (non-hydrogen) atoms. The number of para-hydroxylation sites is 1. The van der Waals surface area contributed by atoms with Gasteiger partial charge in [-0.25, -0.2) is 4.98 Å². The number of aromatic nitrogens is 2. The molecule has 1 aromatic heterocycles. The molecule has 1 fully saturated rings. The molecule has 2 heterocycles. The lowest BCUT2D eigenvalue weighted by Crippen LogP contribution is -2.42. The van der Waals surface area contributed by atoms with Crippen molar-refractivity contribution < 1.29 is 9.53 Å². The molecule has 2 aromatic carbocycles. The van der Waals surface area contributed by atoms with Crippen LogP contribution < -0.4 is 4.74 Å². The lowest BCUT2D eigenvalue weighted by atomic mass is 9.97. The Kier molecular flexibility index (Phi) is 6.17. The summed E-state index contributed by atoms with van der Waals surface area (Å²) in [6.45, 7) is 6.88. The van der Waals surface area contributed by atoms with Crippen LogP contribution in [0.5, 0.6) is 5.75 Å². The number of piperidine rings is 1. The molecule has 4 rings (SSSR count). The molecule has 1 amide bonds. The van der Waals surface area contributed by atoms with Crippen molar-refractivity contribution in [2.45, 2.75) is 33.2 Å². The van der Waals surface area contributed by atoms with Crippen molar-refractivity contribution in [3.05, 3.63) is 83.4 Å². The van der Waals surface area contributed by atoms with Crippen LogP contribution in [0.25, 0.3) is 0 Å². The van der Waals surface area contributed by atoms with Crippen LogP contribution >= 0.6 is 0 Å². The highest BCUT2D eigenvalue weighted by Gasteiger charge is 2.26. The van der Waals surface area contributed by atoms with Crippen LogP contribution in [0.3, 0.4) is 0 Å². The molecule has 0 aliphatic carbocycles. The minimum Gasteiger partial charge on any atom is -0.493 e. The number of benzene rings is 2. The second-order valence-corrected chi connectivity index (χ2v) is 8.10. The van der Waals surface area contributed by atoms with E-state index < -0.39 is 0 Å². The zero-order valence-corrected chi connectivity index (χ0v) is 17.8. The van der Waals surface area contributed by atoms with E-state index in [1.165, 1.54) is 0 Å². The fourth-order valence-corrected chi connectivity index (χ4v) is 4.10. The zero-order chi connectivity index (χ0) is 20.9. The fraction of sp³-hybridized carbons (Fsp3) is 0.360. The fourth-order valence-electron chi connectivity index (χ4n) is 4.10. The van der Waals surface area contributed by atoms with Crippen molar-refractivity contribution in [2.24, 2.45) is 5.92 Å². The lowest BCUT2D eigenvalue weighted by Gasteiger charge is -2.33. The average molecular weight is 404 g/mol. The van der Waals surface area contributed by atoms with Gasteiger partial charge in [-0.2, -0.15) is 0 Å². The summed E-state index contributed by atoms with van der Waals surface area (Å²) in [4.78, 5) is 19.7. The van der Waals surface area contributed by atoms with Crippen LogP contribution in [0.2, 0.25) is 0 Å². The molecule has 5 nitrogen and oxygen atoms in total. The normalized spacial score (nSPS) is 16.5. The van der Waals surface area contributed by atoms with E-state index in [-0.39, 0.29) is 5.91 Å². The first kappa shape index (κ1) is 20.2. The molecule has 0 N–H and O–H groups in total. The second-order valence-electron chi connectivity index (χ2n) is 8.10. The number of carbonyl (C=O) groups is 1. The Morgan fingerprint density at radius 3 is 2.73 bits per heavy atom. The van der Waals surface area contributed by atoms with Gasteiger partial charge in [-0.15, -0.1) is 0 Å². The van der Waals surface area contributed by atoms with Crippen LogP contribution in [0.15, 0.2) is 60.9 Å². The summed E-state index contributed by atoms with van der Waals surface area (Å²) in [5, 5.41) is 0. The smallest absolute Gasteiger partial charge is 0.254 e. The highest BCUT2D eigenvalue weighted by Crippen LogP contribution is 2.23. The molecule has 1 atom stereocenters. The van der Waals surface area contributed by atoms with Gasteiger partial charge in [-0.1, -0.05) is 36.4 Å². The number of rotatable bonds is 6. The van der Waals surface area contributed by atoms with Gasteiger partial charge in [0.15, 0.2) is 0 Å². The molecule has 0 saturated carbocycles. The second kappa shape index (κ2) is 9.16. The molecule has 0 unspecified atom stereocenters. The van der Waals surface area contributed by atoms with Crippen molar-refractivity contribution >= 4 is 5.91 Å². The molecule has 1 aliphatic rings. The van der Waals surface area contributed by atoms with Gasteiger partial charge in [0.05, 0.1) is 6.61 Å². The van der Waals surface area contributed by atoms with Gasteiger partial charge in [0.2, 0.25) is 0 Å². The Bertz CT molecular complexity index is 1010. The molecule has 156 valence electrons. The molecule has 0 spiro atoms. The van der Waals surface area contributed by atoms with Gasteiger partial charge in [0.1, 0.15) is 11.6 Å². The van der Waals surface area contributed by atoms with Gasteiger partial charge >= 0.3 is 0 Å². The van der Waals surface area contributed by atoms with Crippen LogP contribution in [-0.2, 0) is 6.54 Å². The largest absolute Gasteiger partial charge is 0.493 e. The number of hydrogen-bond donors (Lipinski definition) is 0. The Labute approximate surface area is 178 Å². The third-order valence-corrected chi connectivity index (χ3v) is 5.89. The van der Waals surface area contributed by atoms with Gasteiger partial charge in [-0.3, -0.25) is 4.79 Å². The first-order chi connectivity index (χ1) is 14.6. The van der Waals surface area contributed by atoms with Crippen LogP contribution in [0, 0.1) is 19.8 Å². The number of aryl methyl sites for hydroxylation is 2. The van der Waals surface area contributed by atoms with Crippen molar-refractivity contribution in [1.82, 2.24) is 14.5 Å². The molecule has 0 radical (unpaired) electrons. The monoisotopic (exact) mass is 403 g/mol. The molecule has 5 heteroatoms. The van der Waals surface area contributed by atoms with Crippen LogP contribution in [-0.4, -0.2) is 40.1 Å². The third-order valence-electron chi connectivity index (χ3n) is 5.89. The van der Waals surface area contributed by atoms with Crippen molar-refractivity contribution in [1.29, 1.82) is 0 Å². The first-order valence-electron chi connectivity index (χ1n) is 10.6. The molecule has 1 saturated heterocycles. The van der Waals surface area contributed by atoms with Gasteiger partial charge in [0.25, 0.3) is 5.91 Å². The van der Waals surface area contributed by atoms with Crippen LogP contribution in [0.1, 0.15) is 40.2 Å². The van der Waals surface area contributed by atoms with Gasteiger partial charge in [-0.05, 0) is 49.9 Å². The molecule has 3 aromatic rings. The first-order valence-corrected chi connectivity index (χ1v) is 10.6. The molecule has 1 aliphatic heterocycles. The Morgan fingerprint density at radius 1 is 1.13 bits per heavy atom. The van der Waals surface area contributed by atoms with Crippen molar-refractivity contribution in [3.8, 4) is 5.75 Å². The quantitative estimate of drug-likeness (QED) is 0.610. The number of amides is 1. The predicted molar refractivity (Wildman–Crippen MR) is 118 cm³/mol. The minimum absolute atomic E-state index is 0.115. The SMILES string of the molecule is Cc1ccccc1OC[C@H]1CCCN(C(=O)c2ccccc2Cn2ccnc2C)C1. The average Bonchev–Trinajstić information content (AvgIpc) is 3.17. The maximum absolute atomic E-state index is 13.4. The van der Waals surface area contributed by atoms with E-state index in [1.54, 1.807) is 6.20 Å². The molecule has 0 bridgehead atoms. The number of hydrogen-bond acceptors (Lipinski definition) is 3. The lowest BCUT2D eigenvalue weighted by molar-refractivity contribution is 0.0632. The van der Waals surface area contributed by atoms with E-state index in [1.807, 2.05) is 60.5 Å². The summed E-state index contributed by atoms with van der Waals surface area (Å²) in [6, 6.07) is 16.0. The van der Waals surface area contributed by atoms with Gasteiger partial charge in [0, 0.05) is 43.5 Å². The number of carbonyl (C=O) groups excluding carboxylic acids is 1. The summed E-state index contributed by atoms with van der Waals surface area (Å²) in [6.07, 6.45) is 5.85. The summed E-state index contributed by atoms with van der Waals surface area (Å²) in [5.74, 6) is 2.35. The Hall–Kier alpha value is -3.08. The number of likely N-dealkylation sites (tertiary alicyclic amines) is 1. The van der Waals surface area contributed by atoms with E-state index in [2.05, 4.69) is 22.5 Å². The topological polar surface area (TPSA) is 47.4 Å². The number of ether oxygens (including phenoxy) is 1.